The average molecular weight is 292 g/mol. The van der Waals surface area contributed by atoms with E-state index < -0.39 is 5.97 Å². The first-order valence-electron chi connectivity index (χ1n) is 6.94. The Balaban J connectivity index is 1.92. The molecule has 0 radical (unpaired) electrons. The second kappa shape index (κ2) is 6.58. The number of urea groups is 1. The fourth-order valence-electron chi connectivity index (χ4n) is 2.57. The molecule has 1 fully saturated rings. The monoisotopic (exact) mass is 292 g/mol. The first kappa shape index (κ1) is 15.3. The number of hydrogen-bond acceptors (Lipinski definition) is 3. The van der Waals surface area contributed by atoms with Crippen LogP contribution in [0.25, 0.3) is 0 Å². The molecule has 114 valence electrons. The van der Waals surface area contributed by atoms with E-state index in [1.807, 2.05) is 0 Å². The number of nitrogens with one attached hydrogen (secondary N) is 2. The van der Waals surface area contributed by atoms with E-state index in [4.69, 9.17) is 9.84 Å². The van der Waals surface area contributed by atoms with Gasteiger partial charge in [-0.2, -0.15) is 0 Å². The van der Waals surface area contributed by atoms with Crippen LogP contribution in [0, 0.1) is 6.92 Å². The highest BCUT2D eigenvalue weighted by Crippen LogP contribution is 2.22. The lowest BCUT2D eigenvalue weighted by molar-refractivity contribution is 0.0696. The van der Waals surface area contributed by atoms with Crippen LogP contribution in [0.1, 0.15) is 35.2 Å². The average Bonchev–Trinajstić information content (AvgIpc) is 2.88. The summed E-state index contributed by atoms with van der Waals surface area (Å²) in [4.78, 5) is 22.8. The molecule has 1 aromatic carbocycles. The highest BCUT2D eigenvalue weighted by molar-refractivity contribution is 5.92. The molecule has 6 nitrogen and oxygen atoms in total. The van der Waals surface area contributed by atoms with Gasteiger partial charge in [-0.05, 0) is 49.9 Å². The Kier molecular flexibility index (Phi) is 4.80. The summed E-state index contributed by atoms with van der Waals surface area (Å²) in [5.41, 5.74) is 1.53. The largest absolute Gasteiger partial charge is 0.478 e. The lowest BCUT2D eigenvalue weighted by Gasteiger charge is -2.15. The lowest BCUT2D eigenvalue weighted by Crippen LogP contribution is -2.36. The van der Waals surface area contributed by atoms with E-state index in [-0.39, 0.29) is 23.7 Å². The predicted octanol–water partition coefficient (Wildman–Crippen LogP) is 2.38. The number of ether oxygens (including phenoxy) is 1. The van der Waals surface area contributed by atoms with Gasteiger partial charge in [0.2, 0.25) is 0 Å². The molecule has 3 N–H and O–H groups in total. The maximum absolute atomic E-state index is 12.0. The summed E-state index contributed by atoms with van der Waals surface area (Å²) in [7, 11) is 1.68. The lowest BCUT2D eigenvalue weighted by atomic mass is 10.1. The minimum absolute atomic E-state index is 0.119. The fourth-order valence-corrected chi connectivity index (χ4v) is 2.57. The zero-order chi connectivity index (χ0) is 15.4. The van der Waals surface area contributed by atoms with Crippen LogP contribution < -0.4 is 10.6 Å². The summed E-state index contributed by atoms with van der Waals surface area (Å²) in [5, 5.41) is 14.6. The molecule has 21 heavy (non-hydrogen) atoms. The molecule has 2 rings (SSSR count). The van der Waals surface area contributed by atoms with Crippen LogP contribution in [-0.2, 0) is 4.74 Å². The van der Waals surface area contributed by atoms with Crippen molar-refractivity contribution < 1.29 is 19.4 Å². The number of rotatable bonds is 4. The number of benzene rings is 1. The molecule has 6 heteroatoms. The summed E-state index contributed by atoms with van der Waals surface area (Å²) in [6.07, 6.45) is 2.89. The molecule has 1 aliphatic rings. The van der Waals surface area contributed by atoms with Gasteiger partial charge in [-0.3, -0.25) is 0 Å². The van der Waals surface area contributed by atoms with Crippen LogP contribution in [0.15, 0.2) is 18.2 Å². The summed E-state index contributed by atoms with van der Waals surface area (Å²) in [6.45, 7) is 1.76. The Morgan fingerprint density at radius 3 is 2.67 bits per heavy atom. The third-order valence-corrected chi connectivity index (χ3v) is 3.77. The van der Waals surface area contributed by atoms with E-state index in [0.29, 0.717) is 11.3 Å². The number of carbonyl (C=O) groups is 2. The van der Waals surface area contributed by atoms with Crippen molar-refractivity contribution in [3.05, 3.63) is 29.3 Å². The van der Waals surface area contributed by atoms with Crippen molar-refractivity contribution in [2.75, 3.05) is 12.4 Å². The summed E-state index contributed by atoms with van der Waals surface area (Å²) >= 11 is 0. The molecule has 0 bridgehead atoms. The minimum atomic E-state index is -0.981. The number of carboxylic acid groups (broad SMARTS) is 1. The predicted molar refractivity (Wildman–Crippen MR) is 78.7 cm³/mol. The Morgan fingerprint density at radius 2 is 2.10 bits per heavy atom. The second-order valence-corrected chi connectivity index (χ2v) is 5.30. The fraction of sp³-hybridized carbons (Fsp3) is 0.467. The van der Waals surface area contributed by atoms with Crippen LogP contribution in [-0.4, -0.2) is 36.4 Å². The number of carbonyl (C=O) groups excluding carboxylic acids is 1. The molecule has 1 saturated carbocycles. The topological polar surface area (TPSA) is 87.7 Å². The van der Waals surface area contributed by atoms with Gasteiger partial charge in [0.05, 0.1) is 11.7 Å². The van der Waals surface area contributed by atoms with Crippen LogP contribution in [0.4, 0.5) is 10.5 Å². The smallest absolute Gasteiger partial charge is 0.335 e. The number of carboxylic acids is 1. The van der Waals surface area contributed by atoms with Crippen molar-refractivity contribution in [3.63, 3.8) is 0 Å². The van der Waals surface area contributed by atoms with Crippen molar-refractivity contribution in [1.82, 2.24) is 5.32 Å². The van der Waals surface area contributed by atoms with Crippen LogP contribution in [0.5, 0.6) is 0 Å². The first-order chi connectivity index (χ1) is 9.99. The zero-order valence-corrected chi connectivity index (χ0v) is 12.2. The third-order valence-electron chi connectivity index (χ3n) is 3.77. The SMILES string of the molecule is COC1CCC(NC(=O)Nc2ccc(C(=O)O)cc2C)C1. The molecule has 0 aliphatic heterocycles. The molecule has 2 unspecified atom stereocenters. The molecular formula is C15H20N2O4. The number of hydrogen-bond donors (Lipinski definition) is 3. The van der Waals surface area contributed by atoms with Crippen molar-refractivity contribution in [2.24, 2.45) is 0 Å². The summed E-state index contributed by atoms with van der Waals surface area (Å²) in [5.74, 6) is -0.981. The molecule has 2 amide bonds. The van der Waals surface area contributed by atoms with Crippen molar-refractivity contribution in [3.8, 4) is 0 Å². The van der Waals surface area contributed by atoms with Gasteiger partial charge < -0.3 is 20.5 Å². The van der Waals surface area contributed by atoms with E-state index in [1.54, 1.807) is 20.1 Å². The van der Waals surface area contributed by atoms with Crippen molar-refractivity contribution >= 4 is 17.7 Å². The molecule has 0 aromatic heterocycles. The van der Waals surface area contributed by atoms with E-state index in [0.717, 1.165) is 19.3 Å². The van der Waals surface area contributed by atoms with Gasteiger partial charge in [0.1, 0.15) is 0 Å². The minimum Gasteiger partial charge on any atom is -0.478 e. The summed E-state index contributed by atoms with van der Waals surface area (Å²) in [6, 6.07) is 4.46. The highest BCUT2D eigenvalue weighted by Gasteiger charge is 2.25. The number of amides is 2. The van der Waals surface area contributed by atoms with E-state index in [2.05, 4.69) is 10.6 Å². The maximum atomic E-state index is 12.0. The molecular weight excluding hydrogens is 272 g/mol. The molecule has 0 spiro atoms. The molecule has 1 aromatic rings. The van der Waals surface area contributed by atoms with E-state index in [9.17, 15) is 9.59 Å². The third kappa shape index (κ3) is 3.95. The summed E-state index contributed by atoms with van der Waals surface area (Å²) < 4.78 is 5.27. The molecule has 0 saturated heterocycles. The van der Waals surface area contributed by atoms with Gasteiger partial charge in [-0.1, -0.05) is 0 Å². The van der Waals surface area contributed by atoms with Crippen LogP contribution >= 0.6 is 0 Å². The number of anilines is 1. The van der Waals surface area contributed by atoms with Gasteiger partial charge in [0.25, 0.3) is 0 Å². The molecule has 2 atom stereocenters. The zero-order valence-electron chi connectivity index (χ0n) is 12.2. The Hall–Kier alpha value is -2.08. The van der Waals surface area contributed by atoms with Crippen LogP contribution in [0.2, 0.25) is 0 Å². The van der Waals surface area contributed by atoms with Gasteiger partial charge >= 0.3 is 12.0 Å². The van der Waals surface area contributed by atoms with Gasteiger partial charge in [0, 0.05) is 18.8 Å². The quantitative estimate of drug-likeness (QED) is 0.795. The second-order valence-electron chi connectivity index (χ2n) is 5.30. The Labute approximate surface area is 123 Å². The van der Waals surface area contributed by atoms with E-state index in [1.165, 1.54) is 12.1 Å². The van der Waals surface area contributed by atoms with Crippen molar-refractivity contribution in [2.45, 2.75) is 38.3 Å². The normalized spacial score (nSPS) is 21.0. The number of aromatic carboxylic acids is 1. The van der Waals surface area contributed by atoms with Crippen molar-refractivity contribution in [1.29, 1.82) is 0 Å². The molecule has 0 heterocycles. The van der Waals surface area contributed by atoms with Gasteiger partial charge in [-0.15, -0.1) is 0 Å². The highest BCUT2D eigenvalue weighted by atomic mass is 16.5. The van der Waals surface area contributed by atoms with Gasteiger partial charge in [0.15, 0.2) is 0 Å². The Bertz CT molecular complexity index is 544. The Morgan fingerprint density at radius 1 is 1.33 bits per heavy atom. The number of methoxy groups -OCH3 is 1. The van der Waals surface area contributed by atoms with Gasteiger partial charge in [-0.25, -0.2) is 9.59 Å². The van der Waals surface area contributed by atoms with E-state index >= 15 is 0 Å². The standard InChI is InChI=1S/C15H20N2O4/c1-9-7-10(14(18)19)3-6-13(9)17-15(20)16-11-4-5-12(8-11)21-2/h3,6-7,11-12H,4-5,8H2,1-2H3,(H,18,19)(H2,16,17,20). The molecule has 1 aliphatic carbocycles. The van der Waals surface area contributed by atoms with Crippen LogP contribution in [0.3, 0.4) is 0 Å². The maximum Gasteiger partial charge on any atom is 0.335 e. The first-order valence-corrected chi connectivity index (χ1v) is 6.94. The number of aryl methyl sites for hydroxylation is 1.